The van der Waals surface area contributed by atoms with Gasteiger partial charge < -0.3 is 10.4 Å². The largest absolute Gasteiger partial charge is 0.417 e. The average molecular weight is 376 g/mol. The van der Waals surface area contributed by atoms with Crippen LogP contribution in [0.15, 0.2) is 24.4 Å². The van der Waals surface area contributed by atoms with Crippen LogP contribution in [0.25, 0.3) is 0 Å². The molecule has 0 bridgehead atoms. The van der Waals surface area contributed by atoms with E-state index in [4.69, 9.17) is 0 Å². The number of anilines is 1. The zero-order valence-electron chi connectivity index (χ0n) is 13.3. The Morgan fingerprint density at radius 3 is 2.50 bits per heavy atom. The molecule has 1 aromatic heterocycles. The first-order valence-corrected chi connectivity index (χ1v) is 7.77. The third-order valence-electron chi connectivity index (χ3n) is 4.54. The lowest BCUT2D eigenvalue weighted by Crippen LogP contribution is -2.43. The number of nitrogens with zero attached hydrogens (tertiary/aromatic N) is 1. The van der Waals surface area contributed by atoms with Crippen molar-refractivity contribution in [3.63, 3.8) is 0 Å². The Kier molecular flexibility index (Phi) is 4.60. The van der Waals surface area contributed by atoms with Gasteiger partial charge in [0.2, 0.25) is 0 Å². The maximum absolute atomic E-state index is 14.1. The van der Waals surface area contributed by atoms with Crippen molar-refractivity contribution in [2.45, 2.75) is 31.0 Å². The summed E-state index contributed by atoms with van der Waals surface area (Å²) in [7, 11) is 0. The Morgan fingerprint density at radius 2 is 1.88 bits per heavy atom. The van der Waals surface area contributed by atoms with E-state index in [0.29, 0.717) is 12.6 Å². The van der Waals surface area contributed by atoms with Crippen LogP contribution in [0.3, 0.4) is 0 Å². The minimum absolute atomic E-state index is 0.0464. The fourth-order valence-electron chi connectivity index (χ4n) is 3.23. The third kappa shape index (κ3) is 3.11. The summed E-state index contributed by atoms with van der Waals surface area (Å²) < 4.78 is 79.6. The zero-order chi connectivity index (χ0) is 19.1. The predicted molar refractivity (Wildman–Crippen MR) is 80.9 cm³/mol. The van der Waals surface area contributed by atoms with Crippen LogP contribution < -0.4 is 5.32 Å². The molecule has 1 atom stereocenters. The summed E-state index contributed by atoms with van der Waals surface area (Å²) in [6.07, 6.45) is -3.46. The molecule has 0 fully saturated rings. The number of aromatic nitrogens is 1. The lowest BCUT2D eigenvalue weighted by molar-refractivity contribution is -0.138. The highest BCUT2D eigenvalue weighted by Crippen LogP contribution is 2.40. The molecule has 26 heavy (non-hydrogen) atoms. The first kappa shape index (κ1) is 18.5. The molecular formula is C17H14F6N2O. The van der Waals surface area contributed by atoms with Gasteiger partial charge in [-0.3, -0.25) is 0 Å². The Hall–Kier alpha value is -2.29. The van der Waals surface area contributed by atoms with Crippen LogP contribution >= 0.6 is 0 Å². The molecule has 9 heteroatoms. The van der Waals surface area contributed by atoms with Gasteiger partial charge in [-0.15, -0.1) is 0 Å². The number of nitrogens with one attached hydrogen (secondary N) is 1. The number of rotatable bonds is 3. The van der Waals surface area contributed by atoms with Crippen molar-refractivity contribution in [3.05, 3.63) is 58.5 Å². The molecule has 1 aliphatic carbocycles. The number of alkyl halides is 3. The van der Waals surface area contributed by atoms with Crippen LogP contribution in [0.5, 0.6) is 0 Å². The van der Waals surface area contributed by atoms with Crippen molar-refractivity contribution in [1.82, 2.24) is 4.98 Å². The van der Waals surface area contributed by atoms with Gasteiger partial charge in [-0.1, -0.05) is 6.07 Å². The summed E-state index contributed by atoms with van der Waals surface area (Å²) in [5.74, 6) is -3.87. The number of aliphatic hydroxyl groups excluding tert-OH is 1. The minimum atomic E-state index is -4.75. The second kappa shape index (κ2) is 6.46. The summed E-state index contributed by atoms with van der Waals surface area (Å²) in [4.78, 5) is 3.46. The fraction of sp³-hybridized carbons (Fsp3) is 0.353. The molecule has 140 valence electrons. The van der Waals surface area contributed by atoms with Gasteiger partial charge in [-0.25, -0.2) is 18.2 Å². The standard InChI is InChI=1S/C17H14F6N2O/c18-12-4-3-11-10(14(12)20)2-1-5-16(11,8-26)25-15-13(19)6-9(7-24-15)17(21,22)23/h3-4,6-7,26H,1-2,5,8H2,(H,24,25)/t16-/m1/s1. The normalized spacial score (nSPS) is 20.0. The third-order valence-corrected chi connectivity index (χ3v) is 4.54. The summed E-state index contributed by atoms with van der Waals surface area (Å²) >= 11 is 0. The SMILES string of the molecule is OC[C@]1(Nc2ncc(C(F)(F)F)cc2F)CCCc2c1ccc(F)c2F. The van der Waals surface area contributed by atoms with Crippen LogP contribution in [-0.2, 0) is 18.1 Å². The molecule has 3 rings (SSSR count). The van der Waals surface area contributed by atoms with Crippen LogP contribution in [0.1, 0.15) is 29.5 Å². The number of hydrogen-bond acceptors (Lipinski definition) is 3. The van der Waals surface area contributed by atoms with Crippen molar-refractivity contribution >= 4 is 5.82 Å². The van der Waals surface area contributed by atoms with E-state index in [9.17, 15) is 31.4 Å². The zero-order valence-corrected chi connectivity index (χ0v) is 13.3. The molecule has 1 aromatic carbocycles. The molecule has 2 N–H and O–H groups in total. The Labute approximate surface area is 144 Å². The van der Waals surface area contributed by atoms with Crippen molar-refractivity contribution in [3.8, 4) is 0 Å². The number of benzene rings is 1. The van der Waals surface area contributed by atoms with E-state index in [0.717, 1.165) is 6.07 Å². The summed E-state index contributed by atoms with van der Waals surface area (Å²) in [5.41, 5.74) is -2.36. The van der Waals surface area contributed by atoms with Gasteiger partial charge >= 0.3 is 6.18 Å². The average Bonchev–Trinajstić information content (AvgIpc) is 2.59. The van der Waals surface area contributed by atoms with Gasteiger partial charge in [0.25, 0.3) is 0 Å². The molecule has 2 aromatic rings. The maximum atomic E-state index is 14.1. The number of halogens is 6. The highest BCUT2D eigenvalue weighted by Gasteiger charge is 2.39. The van der Waals surface area contributed by atoms with Gasteiger partial charge in [0.15, 0.2) is 23.3 Å². The lowest BCUT2D eigenvalue weighted by Gasteiger charge is -2.39. The van der Waals surface area contributed by atoms with E-state index >= 15 is 0 Å². The quantitative estimate of drug-likeness (QED) is 0.791. The van der Waals surface area contributed by atoms with Gasteiger partial charge in [-0.2, -0.15) is 13.2 Å². The van der Waals surface area contributed by atoms with Crippen molar-refractivity contribution in [2.24, 2.45) is 0 Å². The monoisotopic (exact) mass is 376 g/mol. The van der Waals surface area contributed by atoms with Crippen LogP contribution in [0.2, 0.25) is 0 Å². The van der Waals surface area contributed by atoms with Crippen molar-refractivity contribution < 1.29 is 31.4 Å². The van der Waals surface area contributed by atoms with Crippen molar-refractivity contribution in [1.29, 1.82) is 0 Å². The molecule has 0 unspecified atom stereocenters. The second-order valence-corrected chi connectivity index (χ2v) is 6.16. The van der Waals surface area contributed by atoms with Crippen LogP contribution in [-0.4, -0.2) is 16.7 Å². The van der Waals surface area contributed by atoms with Crippen LogP contribution in [0.4, 0.5) is 32.2 Å². The molecule has 3 nitrogen and oxygen atoms in total. The fourth-order valence-corrected chi connectivity index (χ4v) is 3.23. The van der Waals surface area contributed by atoms with Gasteiger partial charge in [0.1, 0.15) is 0 Å². The number of hydrogen-bond donors (Lipinski definition) is 2. The molecule has 0 radical (unpaired) electrons. The molecule has 1 aliphatic rings. The molecule has 0 spiro atoms. The van der Waals surface area contributed by atoms with E-state index in [1.54, 1.807) is 0 Å². The highest BCUT2D eigenvalue weighted by molar-refractivity contribution is 5.48. The smallest absolute Gasteiger partial charge is 0.394 e. The highest BCUT2D eigenvalue weighted by atomic mass is 19.4. The molecule has 0 amide bonds. The second-order valence-electron chi connectivity index (χ2n) is 6.16. The molecule has 0 saturated carbocycles. The minimum Gasteiger partial charge on any atom is -0.394 e. The number of fused-ring (bicyclic) bond motifs is 1. The predicted octanol–water partition coefficient (Wildman–Crippen LogP) is 4.15. The van der Waals surface area contributed by atoms with Gasteiger partial charge in [0, 0.05) is 6.20 Å². The summed E-state index contributed by atoms with van der Waals surface area (Å²) in [6, 6.07) is 2.45. The van der Waals surface area contributed by atoms with E-state index < -0.39 is 47.2 Å². The van der Waals surface area contributed by atoms with E-state index in [2.05, 4.69) is 10.3 Å². The molecule has 1 heterocycles. The maximum Gasteiger partial charge on any atom is 0.417 e. The molecular weight excluding hydrogens is 362 g/mol. The molecule has 0 saturated heterocycles. The summed E-state index contributed by atoms with van der Waals surface area (Å²) in [5, 5.41) is 12.5. The van der Waals surface area contributed by atoms with E-state index in [-0.39, 0.29) is 30.0 Å². The number of aliphatic hydroxyl groups is 1. The van der Waals surface area contributed by atoms with Gasteiger partial charge in [0.05, 0.1) is 17.7 Å². The topological polar surface area (TPSA) is 45.1 Å². The lowest BCUT2D eigenvalue weighted by atomic mass is 9.76. The molecule has 0 aliphatic heterocycles. The van der Waals surface area contributed by atoms with Crippen molar-refractivity contribution in [2.75, 3.05) is 11.9 Å². The van der Waals surface area contributed by atoms with Gasteiger partial charge in [-0.05, 0) is 42.5 Å². The Morgan fingerprint density at radius 1 is 1.15 bits per heavy atom. The van der Waals surface area contributed by atoms with E-state index in [1.165, 1.54) is 6.07 Å². The first-order chi connectivity index (χ1) is 12.2. The van der Waals surface area contributed by atoms with Crippen LogP contribution in [0, 0.1) is 17.5 Å². The Bertz CT molecular complexity index is 839. The first-order valence-electron chi connectivity index (χ1n) is 7.77. The van der Waals surface area contributed by atoms with E-state index in [1.807, 2.05) is 0 Å². The number of pyridine rings is 1. The Balaban J connectivity index is 2.03. The summed E-state index contributed by atoms with van der Waals surface area (Å²) in [6.45, 7) is -0.604.